The van der Waals surface area contributed by atoms with Crippen LogP contribution in [0.2, 0.25) is 0 Å². The quantitative estimate of drug-likeness (QED) is 0.604. The average Bonchev–Trinajstić information content (AvgIpc) is 2.04. The van der Waals surface area contributed by atoms with E-state index in [4.69, 9.17) is 0 Å². The number of rotatable bonds is 0. The lowest BCUT2D eigenvalue weighted by atomic mass is 10.1. The molecule has 0 spiro atoms. The highest BCUT2D eigenvalue weighted by Gasteiger charge is 1.91. The van der Waals surface area contributed by atoms with Crippen LogP contribution in [0.4, 0.5) is 0 Å². The van der Waals surface area contributed by atoms with E-state index in [1.165, 1.54) is 23.7 Å². The fourth-order valence-electron chi connectivity index (χ4n) is 0.898. The van der Waals surface area contributed by atoms with Crippen molar-refractivity contribution in [3.05, 3.63) is 34.9 Å². The van der Waals surface area contributed by atoms with Crippen molar-refractivity contribution in [3.63, 3.8) is 0 Å². The Morgan fingerprint density at radius 3 is 1.55 bits per heavy atom. The van der Waals surface area contributed by atoms with Gasteiger partial charge in [-0.2, -0.15) is 0 Å². The summed E-state index contributed by atoms with van der Waals surface area (Å²) in [6, 6.07) is 6.38. The Labute approximate surface area is 69.2 Å². The van der Waals surface area contributed by atoms with Crippen LogP contribution in [-0.4, -0.2) is 7.05 Å². The van der Waals surface area contributed by atoms with Crippen molar-refractivity contribution in [1.29, 1.82) is 0 Å². The van der Waals surface area contributed by atoms with E-state index in [9.17, 15) is 0 Å². The van der Waals surface area contributed by atoms with Gasteiger partial charge in [0, 0.05) is 0 Å². The van der Waals surface area contributed by atoms with Crippen LogP contribution in [0.25, 0.3) is 0 Å². The van der Waals surface area contributed by atoms with Crippen LogP contribution in [0.5, 0.6) is 0 Å². The third-order valence-electron chi connectivity index (χ3n) is 1.88. The van der Waals surface area contributed by atoms with E-state index in [0.717, 1.165) is 0 Å². The maximum Gasteiger partial charge on any atom is -0.0195 e. The molecule has 0 radical (unpaired) electrons. The molecular weight excluding hydrogens is 134 g/mol. The molecule has 0 saturated carbocycles. The topological polar surface area (TPSA) is 26.0 Å². The van der Waals surface area contributed by atoms with Crippen LogP contribution in [0.15, 0.2) is 18.2 Å². The van der Waals surface area contributed by atoms with Crippen LogP contribution >= 0.6 is 0 Å². The number of nitrogens with two attached hydrogens (primary N) is 1. The van der Waals surface area contributed by atoms with Gasteiger partial charge in [-0.25, -0.2) is 0 Å². The second kappa shape index (κ2) is 4.91. The van der Waals surface area contributed by atoms with Gasteiger partial charge in [-0.1, -0.05) is 18.2 Å². The van der Waals surface area contributed by atoms with Gasteiger partial charge in [0.05, 0.1) is 0 Å². The Kier molecular flexibility index (Phi) is 4.55. The highest BCUT2D eigenvalue weighted by atomic mass is 14.4. The van der Waals surface area contributed by atoms with Gasteiger partial charge >= 0.3 is 0 Å². The molecule has 62 valence electrons. The van der Waals surface area contributed by atoms with Crippen molar-refractivity contribution in [2.24, 2.45) is 5.73 Å². The summed E-state index contributed by atoms with van der Waals surface area (Å²) in [4.78, 5) is 0. The normalized spacial score (nSPS) is 8.45. The Hall–Kier alpha value is -0.820. The van der Waals surface area contributed by atoms with Gasteiger partial charge in [-0.3, -0.25) is 0 Å². The molecule has 2 N–H and O–H groups in total. The van der Waals surface area contributed by atoms with Crippen molar-refractivity contribution in [3.8, 4) is 0 Å². The molecule has 0 saturated heterocycles. The molecule has 0 aliphatic rings. The summed E-state index contributed by atoms with van der Waals surface area (Å²) in [6.45, 7) is 6.44. The van der Waals surface area contributed by atoms with Gasteiger partial charge in [0.1, 0.15) is 0 Å². The van der Waals surface area contributed by atoms with Crippen molar-refractivity contribution in [2.75, 3.05) is 7.05 Å². The zero-order valence-corrected chi connectivity index (χ0v) is 7.81. The van der Waals surface area contributed by atoms with E-state index in [1.807, 2.05) is 0 Å². The predicted molar refractivity (Wildman–Crippen MR) is 50.8 cm³/mol. The molecule has 0 aliphatic carbocycles. The summed E-state index contributed by atoms with van der Waals surface area (Å²) in [5.74, 6) is 0. The number of benzene rings is 1. The standard InChI is InChI=1S/C9H12.CH5N/c1-7-5-4-6-8(2)9(7)3;1-2/h4-6H,1-3H3;2H2,1H3. The second-order valence-electron chi connectivity index (χ2n) is 2.52. The summed E-state index contributed by atoms with van der Waals surface area (Å²) in [5, 5.41) is 0. The lowest BCUT2D eigenvalue weighted by Crippen LogP contribution is -1.82. The maximum absolute atomic E-state index is 4.50. The van der Waals surface area contributed by atoms with E-state index in [2.05, 4.69) is 44.7 Å². The molecule has 0 aromatic heterocycles. The zero-order valence-electron chi connectivity index (χ0n) is 7.81. The third-order valence-corrected chi connectivity index (χ3v) is 1.88. The van der Waals surface area contributed by atoms with E-state index in [0.29, 0.717) is 0 Å². The van der Waals surface area contributed by atoms with Crippen molar-refractivity contribution >= 4 is 0 Å². The van der Waals surface area contributed by atoms with Crippen molar-refractivity contribution in [2.45, 2.75) is 20.8 Å². The minimum atomic E-state index is 1.38. The van der Waals surface area contributed by atoms with E-state index in [1.54, 1.807) is 0 Å². The lowest BCUT2D eigenvalue weighted by Gasteiger charge is -2.00. The summed E-state index contributed by atoms with van der Waals surface area (Å²) in [5.41, 5.74) is 8.68. The van der Waals surface area contributed by atoms with Gasteiger partial charge < -0.3 is 5.73 Å². The van der Waals surface area contributed by atoms with E-state index >= 15 is 0 Å². The Balaban J connectivity index is 0.000000461. The molecule has 0 fully saturated rings. The van der Waals surface area contributed by atoms with E-state index < -0.39 is 0 Å². The molecule has 1 heteroatoms. The predicted octanol–water partition coefficient (Wildman–Crippen LogP) is 2.19. The zero-order chi connectivity index (χ0) is 8.85. The first-order valence-electron chi connectivity index (χ1n) is 3.82. The Bertz CT molecular complexity index is 196. The molecule has 1 aromatic carbocycles. The first-order valence-corrected chi connectivity index (χ1v) is 3.82. The number of hydrogen-bond donors (Lipinski definition) is 1. The minimum absolute atomic E-state index is 1.38. The van der Waals surface area contributed by atoms with Gasteiger partial charge in [0.25, 0.3) is 0 Å². The molecule has 11 heavy (non-hydrogen) atoms. The molecule has 1 nitrogen and oxygen atoms in total. The van der Waals surface area contributed by atoms with Crippen LogP contribution in [0.1, 0.15) is 16.7 Å². The smallest absolute Gasteiger partial charge is 0.0195 e. The van der Waals surface area contributed by atoms with Crippen molar-refractivity contribution in [1.82, 2.24) is 0 Å². The summed E-state index contributed by atoms with van der Waals surface area (Å²) >= 11 is 0. The average molecular weight is 151 g/mol. The molecule has 1 rings (SSSR count). The molecule has 0 atom stereocenters. The lowest BCUT2D eigenvalue weighted by molar-refractivity contribution is 1.27. The van der Waals surface area contributed by atoms with Gasteiger partial charge in [0.15, 0.2) is 0 Å². The fourth-order valence-corrected chi connectivity index (χ4v) is 0.898. The molecule has 0 amide bonds. The summed E-state index contributed by atoms with van der Waals surface area (Å²) in [6.07, 6.45) is 0. The number of aryl methyl sites for hydroxylation is 2. The van der Waals surface area contributed by atoms with Gasteiger partial charge in [0.2, 0.25) is 0 Å². The third kappa shape index (κ3) is 2.72. The second-order valence-corrected chi connectivity index (χ2v) is 2.52. The first kappa shape index (κ1) is 10.2. The fraction of sp³-hybridized carbons (Fsp3) is 0.400. The summed E-state index contributed by atoms with van der Waals surface area (Å²) in [7, 11) is 1.50. The van der Waals surface area contributed by atoms with Crippen LogP contribution < -0.4 is 5.73 Å². The van der Waals surface area contributed by atoms with Gasteiger partial charge in [-0.15, -0.1) is 0 Å². The number of hydrogen-bond acceptors (Lipinski definition) is 1. The largest absolute Gasteiger partial charge is 0.333 e. The maximum atomic E-state index is 4.50. The monoisotopic (exact) mass is 151 g/mol. The van der Waals surface area contributed by atoms with Crippen LogP contribution in [-0.2, 0) is 0 Å². The molecule has 0 heterocycles. The molecular formula is C10H17N. The first-order chi connectivity index (χ1) is 5.22. The van der Waals surface area contributed by atoms with Crippen LogP contribution in [0.3, 0.4) is 0 Å². The Morgan fingerprint density at radius 2 is 1.27 bits per heavy atom. The molecule has 0 aliphatic heterocycles. The Morgan fingerprint density at radius 1 is 0.909 bits per heavy atom. The van der Waals surface area contributed by atoms with Gasteiger partial charge in [-0.05, 0) is 44.5 Å². The van der Waals surface area contributed by atoms with E-state index in [-0.39, 0.29) is 0 Å². The molecule has 0 bridgehead atoms. The highest BCUT2D eigenvalue weighted by molar-refractivity contribution is 5.31. The van der Waals surface area contributed by atoms with Crippen LogP contribution in [0, 0.1) is 20.8 Å². The summed E-state index contributed by atoms with van der Waals surface area (Å²) < 4.78 is 0. The minimum Gasteiger partial charge on any atom is -0.333 e. The molecule has 0 unspecified atom stereocenters. The molecule has 1 aromatic rings. The van der Waals surface area contributed by atoms with Crippen molar-refractivity contribution < 1.29 is 0 Å². The highest BCUT2D eigenvalue weighted by Crippen LogP contribution is 2.09. The SMILES string of the molecule is CN.Cc1cccc(C)c1C.